The van der Waals surface area contributed by atoms with Crippen molar-refractivity contribution in [1.29, 1.82) is 0 Å². The van der Waals surface area contributed by atoms with Crippen molar-refractivity contribution in [1.82, 2.24) is 0 Å². The number of allylic oxidation sites excluding steroid dienone is 9. The highest BCUT2D eigenvalue weighted by Crippen LogP contribution is 2.43. The molecular weight excluding hydrogens is 762 g/mol. The van der Waals surface area contributed by atoms with Crippen molar-refractivity contribution in [3.8, 4) is 0 Å². The van der Waals surface area contributed by atoms with E-state index in [1.165, 1.54) is 128 Å². The average molecular weight is 850 g/mol. The van der Waals surface area contributed by atoms with Crippen LogP contribution >= 0.6 is 7.82 Å². The van der Waals surface area contributed by atoms with E-state index >= 15 is 0 Å². The molecule has 0 aliphatic rings. The minimum atomic E-state index is -4.40. The number of hydrogen-bond donors (Lipinski definition) is 2. The molecule has 0 aromatic heterocycles. The molecule has 0 amide bonds. The fourth-order valence-corrected chi connectivity index (χ4v) is 7.24. The van der Waals surface area contributed by atoms with Gasteiger partial charge in [0.05, 0.1) is 19.6 Å². The molecule has 0 aromatic carbocycles. The van der Waals surface area contributed by atoms with Crippen LogP contribution in [0.2, 0.25) is 0 Å². The normalized spacial score (nSPS) is 13.8. The summed E-state index contributed by atoms with van der Waals surface area (Å²) in [6.07, 6.45) is 54.4. The van der Waals surface area contributed by atoms with Crippen molar-refractivity contribution < 1.29 is 37.6 Å². The summed E-state index contributed by atoms with van der Waals surface area (Å²) in [4.78, 5) is 34.9. The van der Waals surface area contributed by atoms with Crippen molar-refractivity contribution in [3.05, 3.63) is 60.8 Å². The van der Waals surface area contributed by atoms with Gasteiger partial charge in [-0.25, -0.2) is 4.57 Å². The lowest BCUT2D eigenvalue weighted by Crippen LogP contribution is -2.29. The molecule has 342 valence electrons. The van der Waals surface area contributed by atoms with E-state index in [4.69, 9.17) is 24.3 Å². The third-order valence-electron chi connectivity index (χ3n) is 9.95. The second kappa shape index (κ2) is 45.2. The van der Waals surface area contributed by atoms with Crippen molar-refractivity contribution in [3.63, 3.8) is 0 Å². The minimum Gasteiger partial charge on any atom is -0.462 e. The highest BCUT2D eigenvalue weighted by Gasteiger charge is 2.25. The summed E-state index contributed by atoms with van der Waals surface area (Å²) in [6.45, 7) is 3.52. The highest BCUT2D eigenvalue weighted by molar-refractivity contribution is 7.47. The first-order valence-corrected chi connectivity index (χ1v) is 25.3. The van der Waals surface area contributed by atoms with Gasteiger partial charge in [0.15, 0.2) is 6.10 Å². The molecular formula is C49H88NO8P. The van der Waals surface area contributed by atoms with Crippen LogP contribution in [0.1, 0.15) is 206 Å². The fraction of sp³-hybridized carbons (Fsp3) is 0.755. The van der Waals surface area contributed by atoms with Gasteiger partial charge in [0, 0.05) is 13.0 Å². The van der Waals surface area contributed by atoms with Crippen LogP contribution in [-0.4, -0.2) is 49.3 Å². The maximum atomic E-state index is 12.5. The van der Waals surface area contributed by atoms with Gasteiger partial charge in [-0.15, -0.1) is 0 Å². The summed E-state index contributed by atoms with van der Waals surface area (Å²) in [6, 6.07) is 0. The number of ether oxygens (including phenoxy) is 2. The summed E-state index contributed by atoms with van der Waals surface area (Å²) in [5, 5.41) is 0. The second-order valence-electron chi connectivity index (χ2n) is 15.6. The van der Waals surface area contributed by atoms with E-state index in [-0.39, 0.29) is 32.6 Å². The minimum absolute atomic E-state index is 0.00205. The number of phosphoric ester groups is 1. The zero-order chi connectivity index (χ0) is 43.2. The highest BCUT2D eigenvalue weighted by atomic mass is 31.2. The van der Waals surface area contributed by atoms with Crippen LogP contribution in [0.3, 0.4) is 0 Å². The largest absolute Gasteiger partial charge is 0.472 e. The molecule has 3 N–H and O–H groups in total. The Morgan fingerprint density at radius 3 is 1.32 bits per heavy atom. The molecule has 0 saturated carbocycles. The molecule has 2 atom stereocenters. The predicted octanol–water partition coefficient (Wildman–Crippen LogP) is 14.1. The Morgan fingerprint density at radius 1 is 0.525 bits per heavy atom. The quantitative estimate of drug-likeness (QED) is 0.0266. The first kappa shape index (κ1) is 56.7. The SMILES string of the molecule is CC/C=C\C/C=C\C/C=C\C/C=C\C/C=C\CC(=O)OC(COC(=O)CCCCCCCCCCCCCCCCCCCCCCCCC)COP(=O)(O)OCCN. The zero-order valence-corrected chi connectivity index (χ0v) is 38.6. The molecule has 9 nitrogen and oxygen atoms in total. The van der Waals surface area contributed by atoms with Crippen LogP contribution in [0.25, 0.3) is 0 Å². The Morgan fingerprint density at radius 2 is 0.915 bits per heavy atom. The molecule has 0 aliphatic carbocycles. The van der Waals surface area contributed by atoms with Gasteiger partial charge < -0.3 is 20.1 Å². The van der Waals surface area contributed by atoms with E-state index < -0.39 is 32.5 Å². The maximum absolute atomic E-state index is 12.5. The third-order valence-corrected chi connectivity index (χ3v) is 10.9. The Bertz CT molecular complexity index is 1150. The fourth-order valence-electron chi connectivity index (χ4n) is 6.48. The Labute approximate surface area is 361 Å². The van der Waals surface area contributed by atoms with Crippen LogP contribution in [0.15, 0.2) is 60.8 Å². The van der Waals surface area contributed by atoms with Gasteiger partial charge in [0.2, 0.25) is 0 Å². The van der Waals surface area contributed by atoms with E-state index in [2.05, 4.69) is 56.4 Å². The Hall–Kier alpha value is -2.29. The monoisotopic (exact) mass is 850 g/mol. The van der Waals surface area contributed by atoms with Gasteiger partial charge in [0.1, 0.15) is 6.61 Å². The number of nitrogens with two attached hydrogens (primary N) is 1. The van der Waals surface area contributed by atoms with E-state index in [9.17, 15) is 19.0 Å². The molecule has 0 fully saturated rings. The molecule has 59 heavy (non-hydrogen) atoms. The van der Waals surface area contributed by atoms with Crippen LogP contribution < -0.4 is 5.73 Å². The molecule has 0 bridgehead atoms. The Balaban J connectivity index is 4.11. The topological polar surface area (TPSA) is 134 Å². The van der Waals surface area contributed by atoms with Gasteiger partial charge in [-0.2, -0.15) is 0 Å². The first-order chi connectivity index (χ1) is 28.8. The van der Waals surface area contributed by atoms with Gasteiger partial charge in [-0.1, -0.05) is 216 Å². The van der Waals surface area contributed by atoms with Crippen molar-refractivity contribution in [2.75, 3.05) is 26.4 Å². The van der Waals surface area contributed by atoms with Crippen molar-refractivity contribution in [2.24, 2.45) is 5.73 Å². The predicted molar refractivity (Wildman–Crippen MR) is 247 cm³/mol. The Kier molecular flexibility index (Phi) is 43.5. The van der Waals surface area contributed by atoms with Crippen molar-refractivity contribution in [2.45, 2.75) is 213 Å². The van der Waals surface area contributed by atoms with Crippen LogP contribution in [-0.2, 0) is 32.7 Å². The van der Waals surface area contributed by atoms with E-state index in [0.29, 0.717) is 6.42 Å². The summed E-state index contributed by atoms with van der Waals surface area (Å²) < 4.78 is 32.7. The molecule has 10 heteroatoms. The number of carbonyl (C=O) groups is 2. The van der Waals surface area contributed by atoms with Crippen molar-refractivity contribution >= 4 is 19.8 Å². The summed E-state index contributed by atoms with van der Waals surface area (Å²) in [5.41, 5.74) is 5.35. The molecule has 0 aromatic rings. The lowest BCUT2D eigenvalue weighted by atomic mass is 10.0. The average Bonchev–Trinajstić information content (AvgIpc) is 3.22. The number of rotatable bonds is 44. The summed E-state index contributed by atoms with van der Waals surface area (Å²) in [5.74, 6) is -0.972. The first-order valence-electron chi connectivity index (χ1n) is 23.8. The van der Waals surface area contributed by atoms with Crippen LogP contribution in [0.5, 0.6) is 0 Å². The van der Waals surface area contributed by atoms with Crippen LogP contribution in [0.4, 0.5) is 0 Å². The van der Waals surface area contributed by atoms with Gasteiger partial charge in [-0.05, 0) is 38.5 Å². The molecule has 0 rings (SSSR count). The number of carbonyl (C=O) groups excluding carboxylic acids is 2. The van der Waals surface area contributed by atoms with Crippen LogP contribution in [0, 0.1) is 0 Å². The van der Waals surface area contributed by atoms with E-state index in [0.717, 1.165) is 44.9 Å². The summed E-state index contributed by atoms with van der Waals surface area (Å²) >= 11 is 0. The molecule has 0 saturated heterocycles. The number of esters is 2. The zero-order valence-electron chi connectivity index (χ0n) is 37.7. The molecule has 0 radical (unpaired) electrons. The number of hydrogen-bond acceptors (Lipinski definition) is 8. The summed E-state index contributed by atoms with van der Waals surface area (Å²) in [7, 11) is -4.40. The molecule has 0 heterocycles. The van der Waals surface area contributed by atoms with E-state index in [1.807, 2.05) is 12.2 Å². The van der Waals surface area contributed by atoms with Gasteiger partial charge in [-0.3, -0.25) is 18.6 Å². The molecule has 0 aliphatic heterocycles. The van der Waals surface area contributed by atoms with Gasteiger partial charge in [0.25, 0.3) is 0 Å². The standard InChI is InChI=1S/C49H88NO8P/c1-3-5-7-9-11-13-15-17-19-20-21-22-23-24-25-26-28-29-31-33-35-37-39-41-48(51)55-45-47(46-57-59(53,54)56-44-43-50)58-49(52)42-40-38-36-34-32-30-27-18-16-14-12-10-8-6-4-2/h6,8,12,14,18,27,32,34,38,40,47H,3-5,7,9-11,13,15-17,19-26,28-31,33,35-37,39,41-46,50H2,1-2H3,(H,53,54)/b8-6-,14-12-,27-18-,34-32-,40-38-. The van der Waals surface area contributed by atoms with Gasteiger partial charge >= 0.3 is 19.8 Å². The maximum Gasteiger partial charge on any atom is 0.472 e. The smallest absolute Gasteiger partial charge is 0.462 e. The lowest BCUT2D eigenvalue weighted by molar-refractivity contribution is -0.160. The third kappa shape index (κ3) is 45.1. The molecule has 0 spiro atoms. The number of phosphoric acid groups is 1. The molecule has 2 unspecified atom stereocenters. The van der Waals surface area contributed by atoms with E-state index in [1.54, 1.807) is 6.08 Å². The second-order valence-corrected chi connectivity index (χ2v) is 17.1. The number of unbranched alkanes of at least 4 members (excludes halogenated alkanes) is 22. The lowest BCUT2D eigenvalue weighted by Gasteiger charge is -2.19.